The highest BCUT2D eigenvalue weighted by atomic mass is 32.2. The van der Waals surface area contributed by atoms with Gasteiger partial charge in [-0.1, -0.05) is 13.0 Å². The van der Waals surface area contributed by atoms with Gasteiger partial charge < -0.3 is 19.5 Å². The van der Waals surface area contributed by atoms with Crippen molar-refractivity contribution in [3.05, 3.63) is 24.0 Å². The Bertz CT molecular complexity index is 803. The standard InChI is InChI=1S/C22H36N2O6S/c1-22(12-4-6-17(25)14-22)16-8-10-18(11-9-16)30-15-20-19(23-31(3,27)28)7-5-13-24(20)21(26)29-2/h4,6,14,16,18-20,23,25H,5,7-13,15H2,1-3H3/t16?,18?,19-,20-,22?/m0/s1. The normalized spacial score (nSPS) is 34.3. The number of carbonyl (C=O) groups is 1. The van der Waals surface area contributed by atoms with Crippen LogP contribution < -0.4 is 4.72 Å². The first-order valence-corrected chi connectivity index (χ1v) is 13.0. The minimum atomic E-state index is -3.40. The van der Waals surface area contributed by atoms with Crippen LogP contribution in [0.5, 0.6) is 0 Å². The van der Waals surface area contributed by atoms with E-state index in [0.29, 0.717) is 31.1 Å². The van der Waals surface area contributed by atoms with Crippen LogP contribution in [-0.2, 0) is 19.5 Å². The molecule has 0 radical (unpaired) electrons. The number of carbonyl (C=O) groups excluding carboxylic acids is 1. The zero-order valence-corrected chi connectivity index (χ0v) is 19.6. The molecule has 3 atom stereocenters. The van der Waals surface area contributed by atoms with Crippen molar-refractivity contribution in [3.8, 4) is 0 Å². The summed E-state index contributed by atoms with van der Waals surface area (Å²) in [7, 11) is -2.07. The topological polar surface area (TPSA) is 105 Å². The maximum Gasteiger partial charge on any atom is 0.409 e. The van der Waals surface area contributed by atoms with E-state index in [-0.39, 0.29) is 24.2 Å². The van der Waals surface area contributed by atoms with Crippen molar-refractivity contribution < 1.29 is 27.8 Å². The van der Waals surface area contributed by atoms with Gasteiger partial charge in [-0.15, -0.1) is 0 Å². The lowest BCUT2D eigenvalue weighted by Crippen LogP contribution is -2.59. The summed E-state index contributed by atoms with van der Waals surface area (Å²) in [6.45, 7) is 3.01. The number of amides is 1. The Morgan fingerprint density at radius 3 is 2.61 bits per heavy atom. The third-order valence-corrected chi connectivity index (χ3v) is 7.72. The Hall–Kier alpha value is -1.58. The molecule has 8 nitrogen and oxygen atoms in total. The van der Waals surface area contributed by atoms with Crippen molar-refractivity contribution in [3.63, 3.8) is 0 Å². The first-order chi connectivity index (χ1) is 14.6. The van der Waals surface area contributed by atoms with Gasteiger partial charge in [0.2, 0.25) is 10.0 Å². The van der Waals surface area contributed by atoms with Gasteiger partial charge in [-0.05, 0) is 68.4 Å². The van der Waals surface area contributed by atoms with Crippen molar-refractivity contribution >= 4 is 16.1 Å². The number of nitrogens with zero attached hydrogens (tertiary/aromatic N) is 1. The summed E-state index contributed by atoms with van der Waals surface area (Å²) in [6, 6.07) is -0.783. The monoisotopic (exact) mass is 456 g/mol. The number of aliphatic hydroxyl groups excluding tert-OH is 1. The fourth-order valence-electron chi connectivity index (χ4n) is 5.31. The van der Waals surface area contributed by atoms with Gasteiger partial charge in [0.1, 0.15) is 5.76 Å². The molecule has 0 spiro atoms. The maximum absolute atomic E-state index is 12.3. The number of ether oxygens (including phenoxy) is 2. The molecular formula is C22H36N2O6S. The first kappa shape index (κ1) is 24.1. The second kappa shape index (κ2) is 9.92. The minimum absolute atomic E-state index is 0.0284. The lowest BCUT2D eigenvalue weighted by atomic mass is 9.66. The molecular weight excluding hydrogens is 420 g/mol. The van der Waals surface area contributed by atoms with Gasteiger partial charge in [0.15, 0.2) is 0 Å². The molecule has 1 heterocycles. The molecule has 0 aromatic rings. The number of methoxy groups -OCH3 is 1. The molecule has 3 rings (SSSR count). The summed E-state index contributed by atoms with van der Waals surface area (Å²) in [5.74, 6) is 0.831. The predicted octanol–water partition coefficient (Wildman–Crippen LogP) is 3.12. The summed E-state index contributed by atoms with van der Waals surface area (Å²) in [4.78, 5) is 13.8. The lowest BCUT2D eigenvalue weighted by molar-refractivity contribution is -0.0341. The summed E-state index contributed by atoms with van der Waals surface area (Å²) >= 11 is 0. The third-order valence-electron chi connectivity index (χ3n) is 6.99. The van der Waals surface area contributed by atoms with Gasteiger partial charge >= 0.3 is 6.09 Å². The molecule has 0 aromatic carbocycles. The molecule has 2 aliphatic carbocycles. The molecule has 1 saturated carbocycles. The van der Waals surface area contributed by atoms with Crippen LogP contribution in [-0.4, -0.2) is 69.2 Å². The number of hydrogen-bond donors (Lipinski definition) is 2. The van der Waals surface area contributed by atoms with E-state index in [1.54, 1.807) is 11.0 Å². The Balaban J connectivity index is 1.59. The minimum Gasteiger partial charge on any atom is -0.508 e. The molecule has 1 saturated heterocycles. The number of aliphatic hydroxyl groups is 1. The summed E-state index contributed by atoms with van der Waals surface area (Å²) in [6.07, 6.45) is 12.7. The molecule has 31 heavy (non-hydrogen) atoms. The van der Waals surface area contributed by atoms with Gasteiger partial charge in [-0.25, -0.2) is 17.9 Å². The Labute approximate surface area is 185 Å². The number of sulfonamides is 1. The molecule has 0 aromatic heterocycles. The van der Waals surface area contributed by atoms with Gasteiger partial charge in [-0.3, -0.25) is 0 Å². The SMILES string of the molecule is COC(=O)N1CCC[C@H](NS(C)(=O)=O)[C@@H]1COC1CCC(C2(C)C=C(O)C=CC2)CC1. The fourth-order valence-corrected chi connectivity index (χ4v) is 6.13. The van der Waals surface area contributed by atoms with E-state index in [1.165, 1.54) is 7.11 Å². The van der Waals surface area contributed by atoms with Crippen molar-refractivity contribution in [2.24, 2.45) is 11.3 Å². The Morgan fingerprint density at radius 2 is 2.00 bits per heavy atom. The van der Waals surface area contributed by atoms with E-state index in [4.69, 9.17) is 9.47 Å². The Morgan fingerprint density at radius 1 is 1.29 bits per heavy atom. The van der Waals surface area contributed by atoms with Crippen LogP contribution in [0, 0.1) is 11.3 Å². The highest BCUT2D eigenvalue weighted by molar-refractivity contribution is 7.88. The van der Waals surface area contributed by atoms with Crippen LogP contribution in [0.1, 0.15) is 51.9 Å². The molecule has 3 aliphatic rings. The summed E-state index contributed by atoms with van der Waals surface area (Å²) in [5.41, 5.74) is -0.0284. The average molecular weight is 457 g/mol. The highest BCUT2D eigenvalue weighted by Gasteiger charge is 2.39. The number of allylic oxidation sites excluding steroid dienone is 3. The maximum atomic E-state index is 12.3. The van der Waals surface area contributed by atoms with Crippen LogP contribution in [0.2, 0.25) is 0 Å². The third kappa shape index (κ3) is 6.23. The van der Waals surface area contributed by atoms with Crippen LogP contribution in [0.4, 0.5) is 4.79 Å². The van der Waals surface area contributed by atoms with Gasteiger partial charge in [-0.2, -0.15) is 0 Å². The van der Waals surface area contributed by atoms with Gasteiger partial charge in [0, 0.05) is 12.6 Å². The van der Waals surface area contributed by atoms with Crippen LogP contribution in [0.25, 0.3) is 0 Å². The Kier molecular flexibility index (Phi) is 7.70. The zero-order chi connectivity index (χ0) is 22.6. The van der Waals surface area contributed by atoms with Gasteiger partial charge in [0.25, 0.3) is 0 Å². The summed E-state index contributed by atoms with van der Waals surface area (Å²) < 4.78 is 37.4. The molecule has 2 fully saturated rings. The van der Waals surface area contributed by atoms with Gasteiger partial charge in [0.05, 0.1) is 32.1 Å². The van der Waals surface area contributed by atoms with E-state index in [0.717, 1.165) is 38.4 Å². The molecule has 2 N–H and O–H groups in total. The predicted molar refractivity (Wildman–Crippen MR) is 118 cm³/mol. The average Bonchev–Trinajstić information content (AvgIpc) is 2.71. The highest BCUT2D eigenvalue weighted by Crippen LogP contribution is 2.44. The van der Waals surface area contributed by atoms with E-state index >= 15 is 0 Å². The number of rotatable bonds is 6. The van der Waals surface area contributed by atoms with Crippen molar-refractivity contribution in [2.45, 2.75) is 70.1 Å². The fraction of sp³-hybridized carbons (Fsp3) is 0.773. The van der Waals surface area contributed by atoms with E-state index in [2.05, 4.69) is 11.6 Å². The smallest absolute Gasteiger partial charge is 0.409 e. The zero-order valence-electron chi connectivity index (χ0n) is 18.7. The van der Waals surface area contributed by atoms with Crippen molar-refractivity contribution in [1.82, 2.24) is 9.62 Å². The lowest BCUT2D eigenvalue weighted by Gasteiger charge is -2.42. The molecule has 1 amide bonds. The quantitative estimate of drug-likeness (QED) is 0.636. The van der Waals surface area contributed by atoms with E-state index in [1.807, 2.05) is 12.2 Å². The first-order valence-electron chi connectivity index (χ1n) is 11.1. The van der Waals surface area contributed by atoms with E-state index in [9.17, 15) is 18.3 Å². The van der Waals surface area contributed by atoms with E-state index < -0.39 is 22.2 Å². The number of piperidine rings is 1. The number of likely N-dealkylation sites (tertiary alicyclic amines) is 1. The molecule has 1 aliphatic heterocycles. The van der Waals surface area contributed by atoms with Crippen molar-refractivity contribution in [1.29, 1.82) is 0 Å². The second-order valence-corrected chi connectivity index (χ2v) is 11.1. The second-order valence-electron chi connectivity index (χ2n) is 9.36. The molecule has 176 valence electrons. The number of hydrogen-bond acceptors (Lipinski definition) is 6. The number of nitrogens with one attached hydrogen (secondary N) is 1. The molecule has 0 bridgehead atoms. The molecule has 1 unspecified atom stereocenters. The van der Waals surface area contributed by atoms with Crippen molar-refractivity contribution in [2.75, 3.05) is 26.5 Å². The van der Waals surface area contributed by atoms with Crippen LogP contribution in [0.15, 0.2) is 24.0 Å². The van der Waals surface area contributed by atoms with Crippen LogP contribution >= 0.6 is 0 Å². The summed E-state index contributed by atoms with van der Waals surface area (Å²) in [5, 5.41) is 9.91. The molecule has 9 heteroatoms. The largest absolute Gasteiger partial charge is 0.508 e. The van der Waals surface area contributed by atoms with Crippen LogP contribution in [0.3, 0.4) is 0 Å².